The lowest BCUT2D eigenvalue weighted by Crippen LogP contribution is -2.30. The predicted octanol–water partition coefficient (Wildman–Crippen LogP) is 4.58. The third-order valence-corrected chi connectivity index (χ3v) is 6.84. The first-order valence-corrected chi connectivity index (χ1v) is 12.2. The molecule has 9 heteroatoms. The van der Waals surface area contributed by atoms with E-state index in [1.54, 1.807) is 7.11 Å². The molecule has 33 heavy (non-hydrogen) atoms. The van der Waals surface area contributed by atoms with Crippen LogP contribution in [0.5, 0.6) is 5.75 Å². The fourth-order valence-corrected chi connectivity index (χ4v) is 4.64. The van der Waals surface area contributed by atoms with E-state index in [0.717, 1.165) is 42.1 Å². The molecule has 0 radical (unpaired) electrons. The van der Waals surface area contributed by atoms with Crippen LogP contribution in [0.4, 0.5) is 0 Å². The highest BCUT2D eigenvalue weighted by atomic mass is 35.5. The molecule has 2 heterocycles. The van der Waals surface area contributed by atoms with E-state index in [9.17, 15) is 4.79 Å². The molecule has 1 fully saturated rings. The van der Waals surface area contributed by atoms with Crippen LogP contribution in [0.1, 0.15) is 25.3 Å². The molecule has 1 amide bonds. The van der Waals surface area contributed by atoms with Crippen LogP contribution in [0.25, 0.3) is 11.4 Å². The SMILES string of the molecule is COc1ccc(CNC(=O)[C@H](C)Sc2nnc(-c3ccc(Cl)cc3)n2C[C@@H]2CCCO2)cc1. The van der Waals surface area contributed by atoms with Gasteiger partial charge < -0.3 is 14.8 Å². The molecule has 0 spiro atoms. The first-order chi connectivity index (χ1) is 16.0. The summed E-state index contributed by atoms with van der Waals surface area (Å²) in [6.07, 6.45) is 2.17. The van der Waals surface area contributed by atoms with Crippen LogP contribution in [0.3, 0.4) is 0 Å². The summed E-state index contributed by atoms with van der Waals surface area (Å²) in [6, 6.07) is 15.2. The van der Waals surface area contributed by atoms with Crippen molar-refractivity contribution in [3.63, 3.8) is 0 Å². The highest BCUT2D eigenvalue weighted by Gasteiger charge is 2.24. The Morgan fingerprint density at radius 3 is 2.67 bits per heavy atom. The van der Waals surface area contributed by atoms with Crippen LogP contribution < -0.4 is 10.1 Å². The van der Waals surface area contributed by atoms with Gasteiger partial charge in [-0.15, -0.1) is 10.2 Å². The number of carbonyl (C=O) groups excluding carboxylic acids is 1. The summed E-state index contributed by atoms with van der Waals surface area (Å²) >= 11 is 7.45. The van der Waals surface area contributed by atoms with Crippen molar-refractivity contribution < 1.29 is 14.3 Å². The fraction of sp³-hybridized carbons (Fsp3) is 0.375. The normalized spacial score (nSPS) is 16.5. The van der Waals surface area contributed by atoms with Gasteiger partial charge in [-0.25, -0.2) is 0 Å². The molecule has 0 saturated carbocycles. The maximum atomic E-state index is 12.8. The van der Waals surface area contributed by atoms with E-state index in [1.807, 2.05) is 55.5 Å². The van der Waals surface area contributed by atoms with Crippen molar-refractivity contribution in [3.05, 3.63) is 59.1 Å². The molecule has 1 aliphatic heterocycles. The number of aromatic nitrogens is 3. The van der Waals surface area contributed by atoms with E-state index in [1.165, 1.54) is 11.8 Å². The first kappa shape index (κ1) is 23.6. The van der Waals surface area contributed by atoms with Crippen molar-refractivity contribution >= 4 is 29.3 Å². The molecular weight excluding hydrogens is 460 g/mol. The molecule has 3 aromatic rings. The van der Waals surface area contributed by atoms with Gasteiger partial charge in [0.05, 0.1) is 25.0 Å². The Hall–Kier alpha value is -2.55. The summed E-state index contributed by atoms with van der Waals surface area (Å²) in [6.45, 7) is 3.75. The number of nitrogens with one attached hydrogen (secondary N) is 1. The molecule has 0 unspecified atom stereocenters. The summed E-state index contributed by atoms with van der Waals surface area (Å²) in [5.41, 5.74) is 1.93. The van der Waals surface area contributed by atoms with Gasteiger partial charge in [0.25, 0.3) is 0 Å². The zero-order chi connectivity index (χ0) is 23.2. The van der Waals surface area contributed by atoms with Crippen molar-refractivity contribution in [3.8, 4) is 17.1 Å². The summed E-state index contributed by atoms with van der Waals surface area (Å²) in [7, 11) is 1.63. The average molecular weight is 487 g/mol. The Bertz CT molecular complexity index is 1070. The minimum Gasteiger partial charge on any atom is -0.497 e. The van der Waals surface area contributed by atoms with E-state index in [4.69, 9.17) is 21.1 Å². The third kappa shape index (κ3) is 6.07. The average Bonchev–Trinajstić information content (AvgIpc) is 3.49. The van der Waals surface area contributed by atoms with Crippen molar-refractivity contribution in [1.29, 1.82) is 0 Å². The standard InChI is InChI=1S/C24H27ClN4O3S/c1-16(23(30)26-14-17-5-11-20(31-2)12-6-17)33-24-28-27-22(18-7-9-19(25)10-8-18)29(24)15-21-4-3-13-32-21/h5-12,16,21H,3-4,13-15H2,1-2H3,(H,26,30)/t16-,21-/m0/s1. The number of hydrogen-bond donors (Lipinski definition) is 1. The maximum absolute atomic E-state index is 12.8. The topological polar surface area (TPSA) is 78.3 Å². The van der Waals surface area contributed by atoms with Gasteiger partial charge in [-0.1, -0.05) is 35.5 Å². The summed E-state index contributed by atoms with van der Waals surface area (Å²) in [5.74, 6) is 1.47. The van der Waals surface area contributed by atoms with Gasteiger partial charge >= 0.3 is 0 Å². The van der Waals surface area contributed by atoms with Crippen LogP contribution in [0.15, 0.2) is 53.7 Å². The van der Waals surface area contributed by atoms with Crippen LogP contribution in [0, 0.1) is 0 Å². The summed E-state index contributed by atoms with van der Waals surface area (Å²) < 4.78 is 13.1. The Morgan fingerprint density at radius 1 is 1.24 bits per heavy atom. The molecule has 2 atom stereocenters. The quantitative estimate of drug-likeness (QED) is 0.446. The smallest absolute Gasteiger partial charge is 0.233 e. The zero-order valence-corrected chi connectivity index (χ0v) is 20.2. The lowest BCUT2D eigenvalue weighted by molar-refractivity contribution is -0.120. The number of methoxy groups -OCH3 is 1. The Morgan fingerprint density at radius 2 is 2.00 bits per heavy atom. The molecule has 7 nitrogen and oxygen atoms in total. The van der Waals surface area contributed by atoms with Gasteiger partial charge in [-0.3, -0.25) is 9.36 Å². The van der Waals surface area contributed by atoms with E-state index in [2.05, 4.69) is 20.1 Å². The molecule has 1 aromatic heterocycles. The molecular formula is C24H27ClN4O3S. The molecule has 0 bridgehead atoms. The number of halogens is 1. The van der Waals surface area contributed by atoms with Gasteiger partial charge in [-0.2, -0.15) is 0 Å². The summed E-state index contributed by atoms with van der Waals surface area (Å²) in [5, 5.41) is 12.9. The molecule has 2 aromatic carbocycles. The van der Waals surface area contributed by atoms with Crippen LogP contribution >= 0.6 is 23.4 Å². The maximum Gasteiger partial charge on any atom is 0.233 e. The number of carbonyl (C=O) groups is 1. The second-order valence-corrected chi connectivity index (χ2v) is 9.63. The van der Waals surface area contributed by atoms with Crippen molar-refractivity contribution in [2.45, 2.75) is 49.4 Å². The molecule has 1 saturated heterocycles. The highest BCUT2D eigenvalue weighted by Crippen LogP contribution is 2.29. The number of hydrogen-bond acceptors (Lipinski definition) is 6. The Kier molecular flexibility index (Phi) is 7.90. The van der Waals surface area contributed by atoms with Gasteiger partial charge in [0.2, 0.25) is 5.91 Å². The lowest BCUT2D eigenvalue weighted by atomic mass is 10.2. The van der Waals surface area contributed by atoms with Crippen LogP contribution in [-0.4, -0.2) is 45.7 Å². The first-order valence-electron chi connectivity index (χ1n) is 10.9. The summed E-state index contributed by atoms with van der Waals surface area (Å²) in [4.78, 5) is 12.8. The third-order valence-electron chi connectivity index (χ3n) is 5.51. The lowest BCUT2D eigenvalue weighted by Gasteiger charge is -2.16. The van der Waals surface area contributed by atoms with Crippen molar-refractivity contribution in [1.82, 2.24) is 20.1 Å². The Labute approximate surface area is 202 Å². The van der Waals surface area contributed by atoms with Crippen molar-refractivity contribution in [2.24, 2.45) is 0 Å². The predicted molar refractivity (Wildman–Crippen MR) is 130 cm³/mol. The second kappa shape index (κ2) is 11.0. The van der Waals surface area contributed by atoms with Crippen LogP contribution in [-0.2, 0) is 22.6 Å². The monoisotopic (exact) mass is 486 g/mol. The van der Waals surface area contributed by atoms with Crippen molar-refractivity contribution in [2.75, 3.05) is 13.7 Å². The minimum absolute atomic E-state index is 0.0597. The number of thioether (sulfide) groups is 1. The van der Waals surface area contributed by atoms with Gasteiger partial charge in [0, 0.05) is 23.7 Å². The zero-order valence-electron chi connectivity index (χ0n) is 18.7. The molecule has 1 aliphatic rings. The number of nitrogens with zero attached hydrogens (tertiary/aromatic N) is 3. The molecule has 174 valence electrons. The van der Waals surface area contributed by atoms with Gasteiger partial charge in [0.15, 0.2) is 11.0 Å². The van der Waals surface area contributed by atoms with Gasteiger partial charge in [0.1, 0.15) is 5.75 Å². The van der Waals surface area contributed by atoms with Gasteiger partial charge in [-0.05, 0) is 61.7 Å². The largest absolute Gasteiger partial charge is 0.497 e. The molecule has 0 aliphatic carbocycles. The van der Waals surface area contributed by atoms with E-state index >= 15 is 0 Å². The number of benzene rings is 2. The fourth-order valence-electron chi connectivity index (χ4n) is 3.63. The van der Waals surface area contributed by atoms with Crippen LogP contribution in [0.2, 0.25) is 5.02 Å². The molecule has 1 N–H and O–H groups in total. The minimum atomic E-state index is -0.339. The van der Waals surface area contributed by atoms with E-state index < -0.39 is 0 Å². The van der Waals surface area contributed by atoms with E-state index in [0.29, 0.717) is 23.3 Å². The second-order valence-electron chi connectivity index (χ2n) is 7.88. The number of amides is 1. The highest BCUT2D eigenvalue weighted by molar-refractivity contribution is 8.00. The Balaban J connectivity index is 1.46. The van der Waals surface area contributed by atoms with E-state index in [-0.39, 0.29) is 17.3 Å². The number of ether oxygens (including phenoxy) is 2. The number of rotatable bonds is 9. The molecule has 4 rings (SSSR count).